The van der Waals surface area contributed by atoms with Crippen molar-refractivity contribution >= 4 is 23.2 Å². The first-order valence-corrected chi connectivity index (χ1v) is 6.92. The Kier molecular flexibility index (Phi) is 12.1. The van der Waals surface area contributed by atoms with Gasteiger partial charge in [0.1, 0.15) is 4.84 Å². The minimum Gasteiger partial charge on any atom is -0.105 e. The Hall–Kier alpha value is 0.580. The molecule has 0 radical (unpaired) electrons. The van der Waals surface area contributed by atoms with Crippen LogP contribution < -0.4 is 0 Å². The summed E-state index contributed by atoms with van der Waals surface area (Å²) >= 11 is 11.3. The van der Waals surface area contributed by atoms with Gasteiger partial charge in [-0.15, -0.1) is 23.2 Å². The van der Waals surface area contributed by atoms with Crippen molar-refractivity contribution in [2.75, 3.05) is 0 Å². The van der Waals surface area contributed by atoms with Gasteiger partial charge in [0.05, 0.1) is 0 Å². The maximum atomic E-state index is 5.64. The zero-order valence-corrected chi connectivity index (χ0v) is 10.9. The third-order valence-electron chi connectivity index (χ3n) is 2.53. The van der Waals surface area contributed by atoms with E-state index in [2.05, 4.69) is 6.92 Å². The topological polar surface area (TPSA) is 0 Å². The Morgan fingerprint density at radius 3 is 1.57 bits per heavy atom. The summed E-state index contributed by atoms with van der Waals surface area (Å²) in [5.74, 6) is 0. The Labute approximate surface area is 99.4 Å². The molecule has 0 rings (SSSR count). The Morgan fingerprint density at radius 2 is 1.14 bits per heavy atom. The zero-order chi connectivity index (χ0) is 10.6. The van der Waals surface area contributed by atoms with Crippen molar-refractivity contribution in [1.82, 2.24) is 0 Å². The van der Waals surface area contributed by atoms with Gasteiger partial charge in [-0.05, 0) is 6.42 Å². The van der Waals surface area contributed by atoms with Gasteiger partial charge in [-0.25, -0.2) is 0 Å². The molecule has 0 fully saturated rings. The second-order valence-electron chi connectivity index (χ2n) is 4.01. The van der Waals surface area contributed by atoms with E-state index in [1.807, 2.05) is 0 Å². The van der Waals surface area contributed by atoms with Gasteiger partial charge in [0.15, 0.2) is 0 Å². The summed E-state index contributed by atoms with van der Waals surface area (Å²) < 4.78 is 0. The largest absolute Gasteiger partial charge is 0.107 e. The molecule has 0 atom stereocenters. The van der Waals surface area contributed by atoms with Gasteiger partial charge >= 0.3 is 0 Å². The highest BCUT2D eigenvalue weighted by Gasteiger charge is 1.97. The highest BCUT2D eigenvalue weighted by molar-refractivity contribution is 6.44. The summed E-state index contributed by atoms with van der Waals surface area (Å²) in [6.07, 6.45) is 13.2. The number of hydrogen-bond acceptors (Lipinski definition) is 0. The predicted octanol–water partition coefficient (Wildman–Crippen LogP) is 5.71. The van der Waals surface area contributed by atoms with Crippen LogP contribution in [-0.4, -0.2) is 4.84 Å². The smallest absolute Gasteiger partial charge is 0.105 e. The van der Waals surface area contributed by atoms with Crippen LogP contribution in [0.15, 0.2) is 0 Å². The minimum atomic E-state index is -0.153. The average Bonchev–Trinajstić information content (AvgIpc) is 2.15. The van der Waals surface area contributed by atoms with E-state index in [0.29, 0.717) is 0 Å². The summed E-state index contributed by atoms with van der Waals surface area (Å²) in [6, 6.07) is 0. The molecular weight excluding hydrogens is 215 g/mol. The molecular formula is C12H24Cl2. The van der Waals surface area contributed by atoms with E-state index in [9.17, 15) is 0 Å². The number of alkyl halides is 2. The number of halogens is 2. The third kappa shape index (κ3) is 12.6. The second-order valence-corrected chi connectivity index (χ2v) is 5.29. The van der Waals surface area contributed by atoms with E-state index in [4.69, 9.17) is 23.2 Å². The zero-order valence-electron chi connectivity index (χ0n) is 9.40. The van der Waals surface area contributed by atoms with Gasteiger partial charge in [-0.3, -0.25) is 0 Å². The molecule has 0 aromatic heterocycles. The van der Waals surface area contributed by atoms with Crippen LogP contribution in [0.2, 0.25) is 0 Å². The monoisotopic (exact) mass is 238 g/mol. The molecule has 0 nitrogen and oxygen atoms in total. The fourth-order valence-corrected chi connectivity index (χ4v) is 1.92. The van der Waals surface area contributed by atoms with Gasteiger partial charge in [-0.1, -0.05) is 64.7 Å². The molecule has 14 heavy (non-hydrogen) atoms. The van der Waals surface area contributed by atoms with Crippen molar-refractivity contribution in [2.24, 2.45) is 0 Å². The molecule has 2 heteroatoms. The summed E-state index contributed by atoms with van der Waals surface area (Å²) in [6.45, 7) is 2.26. The van der Waals surface area contributed by atoms with Crippen LogP contribution in [0.4, 0.5) is 0 Å². The SMILES string of the molecule is CCCCCCCCCCCC(Cl)Cl. The third-order valence-corrected chi connectivity index (χ3v) is 2.96. The molecule has 0 aromatic carbocycles. The van der Waals surface area contributed by atoms with Crippen LogP contribution in [0, 0.1) is 0 Å². The molecule has 0 aromatic rings. The summed E-state index contributed by atoms with van der Waals surface area (Å²) in [7, 11) is 0. The molecule has 0 unspecified atom stereocenters. The van der Waals surface area contributed by atoms with E-state index >= 15 is 0 Å². The van der Waals surface area contributed by atoms with Gasteiger partial charge in [-0.2, -0.15) is 0 Å². The van der Waals surface area contributed by atoms with Crippen LogP contribution >= 0.6 is 23.2 Å². The minimum absolute atomic E-state index is 0.153. The fourth-order valence-electron chi connectivity index (χ4n) is 1.61. The first-order chi connectivity index (χ1) is 6.77. The molecule has 0 saturated heterocycles. The van der Waals surface area contributed by atoms with E-state index in [1.165, 1.54) is 57.8 Å². The second kappa shape index (κ2) is 11.7. The molecule has 0 aliphatic carbocycles. The fraction of sp³-hybridized carbons (Fsp3) is 1.00. The molecule has 0 N–H and O–H groups in total. The van der Waals surface area contributed by atoms with Crippen molar-refractivity contribution in [1.29, 1.82) is 0 Å². The van der Waals surface area contributed by atoms with Crippen molar-refractivity contribution < 1.29 is 0 Å². The van der Waals surface area contributed by atoms with Crippen LogP contribution in [0.1, 0.15) is 71.1 Å². The van der Waals surface area contributed by atoms with Crippen molar-refractivity contribution in [3.63, 3.8) is 0 Å². The molecule has 0 bridgehead atoms. The first-order valence-electron chi connectivity index (χ1n) is 6.05. The van der Waals surface area contributed by atoms with Crippen LogP contribution in [0.25, 0.3) is 0 Å². The van der Waals surface area contributed by atoms with Crippen molar-refractivity contribution in [3.8, 4) is 0 Å². The van der Waals surface area contributed by atoms with E-state index in [0.717, 1.165) is 6.42 Å². The summed E-state index contributed by atoms with van der Waals surface area (Å²) in [5.41, 5.74) is 0. The van der Waals surface area contributed by atoms with Crippen LogP contribution in [0.5, 0.6) is 0 Å². The standard InChI is InChI=1S/C12H24Cl2/c1-2-3-4-5-6-7-8-9-10-11-12(13)14/h12H,2-11H2,1H3. The maximum absolute atomic E-state index is 5.64. The highest BCUT2D eigenvalue weighted by Crippen LogP contribution is 2.14. The summed E-state index contributed by atoms with van der Waals surface area (Å²) in [4.78, 5) is -0.153. The molecule has 0 saturated carbocycles. The molecule has 0 heterocycles. The van der Waals surface area contributed by atoms with Crippen molar-refractivity contribution in [2.45, 2.75) is 76.0 Å². The van der Waals surface area contributed by atoms with Crippen LogP contribution in [-0.2, 0) is 0 Å². The van der Waals surface area contributed by atoms with Gasteiger partial charge in [0, 0.05) is 0 Å². The Morgan fingerprint density at radius 1 is 0.714 bits per heavy atom. The van der Waals surface area contributed by atoms with E-state index in [-0.39, 0.29) is 4.84 Å². The lowest BCUT2D eigenvalue weighted by Crippen LogP contribution is -1.87. The average molecular weight is 239 g/mol. The van der Waals surface area contributed by atoms with Gasteiger partial charge in [0.2, 0.25) is 0 Å². The van der Waals surface area contributed by atoms with E-state index in [1.54, 1.807) is 0 Å². The van der Waals surface area contributed by atoms with Gasteiger partial charge < -0.3 is 0 Å². The lowest BCUT2D eigenvalue weighted by Gasteiger charge is -2.02. The van der Waals surface area contributed by atoms with Crippen LogP contribution in [0.3, 0.4) is 0 Å². The molecule has 0 spiro atoms. The highest BCUT2D eigenvalue weighted by atomic mass is 35.5. The number of hydrogen-bond donors (Lipinski definition) is 0. The van der Waals surface area contributed by atoms with Gasteiger partial charge in [0.25, 0.3) is 0 Å². The molecule has 86 valence electrons. The maximum Gasteiger partial charge on any atom is 0.107 e. The number of unbranched alkanes of at least 4 members (excludes halogenated alkanes) is 8. The summed E-state index contributed by atoms with van der Waals surface area (Å²) in [5, 5.41) is 0. The quantitative estimate of drug-likeness (QED) is 0.338. The lowest BCUT2D eigenvalue weighted by molar-refractivity contribution is 0.561. The molecule has 0 amide bonds. The predicted molar refractivity (Wildman–Crippen MR) is 67.3 cm³/mol. The van der Waals surface area contributed by atoms with E-state index < -0.39 is 0 Å². The Balaban J connectivity index is 2.85. The first kappa shape index (κ1) is 14.6. The molecule has 0 aliphatic heterocycles. The number of rotatable bonds is 10. The molecule has 0 aliphatic rings. The lowest BCUT2D eigenvalue weighted by atomic mass is 10.1. The normalized spacial score (nSPS) is 11.1. The van der Waals surface area contributed by atoms with Crippen molar-refractivity contribution in [3.05, 3.63) is 0 Å². The Bertz CT molecular complexity index is 102.